The standard InChI is InChI=1S/C20H29N5O/c1-14-13-17(24-19(22-14)21-11-12-25(5)6)18(26)23-16-10-8-7-9-15(16)20(2,3)4/h7-10,13H,11-12H2,1-6H3,(H,23,26)(H,21,22,24). The van der Waals surface area contributed by atoms with Gasteiger partial charge in [-0.3, -0.25) is 4.79 Å². The molecule has 6 nitrogen and oxygen atoms in total. The maximum Gasteiger partial charge on any atom is 0.274 e. The van der Waals surface area contributed by atoms with Crippen molar-refractivity contribution in [3.05, 3.63) is 47.3 Å². The minimum atomic E-state index is -0.233. The Labute approximate surface area is 156 Å². The van der Waals surface area contributed by atoms with Gasteiger partial charge in [-0.25, -0.2) is 9.97 Å². The van der Waals surface area contributed by atoms with Crippen LogP contribution in [0.2, 0.25) is 0 Å². The van der Waals surface area contributed by atoms with Gasteiger partial charge in [0, 0.05) is 24.5 Å². The first kappa shape index (κ1) is 19.8. The van der Waals surface area contributed by atoms with Crippen molar-refractivity contribution >= 4 is 17.5 Å². The number of hydrogen-bond acceptors (Lipinski definition) is 5. The van der Waals surface area contributed by atoms with Crippen molar-refractivity contribution in [3.8, 4) is 0 Å². The number of amides is 1. The van der Waals surface area contributed by atoms with Gasteiger partial charge in [0.15, 0.2) is 0 Å². The van der Waals surface area contributed by atoms with Gasteiger partial charge in [0.05, 0.1) is 0 Å². The molecular formula is C20H29N5O. The molecule has 0 fully saturated rings. The summed E-state index contributed by atoms with van der Waals surface area (Å²) in [5.74, 6) is 0.240. The Balaban J connectivity index is 2.19. The van der Waals surface area contributed by atoms with Gasteiger partial charge in [0.1, 0.15) is 5.69 Å². The van der Waals surface area contributed by atoms with E-state index in [0.29, 0.717) is 18.2 Å². The van der Waals surface area contributed by atoms with E-state index < -0.39 is 0 Å². The minimum Gasteiger partial charge on any atom is -0.353 e. The van der Waals surface area contributed by atoms with Crippen LogP contribution in [0.25, 0.3) is 0 Å². The molecule has 2 rings (SSSR count). The lowest BCUT2D eigenvalue weighted by Gasteiger charge is -2.23. The number of anilines is 2. The summed E-state index contributed by atoms with van der Waals surface area (Å²) in [7, 11) is 4.01. The minimum absolute atomic E-state index is 0.0651. The fraction of sp³-hybridized carbons (Fsp3) is 0.450. The largest absolute Gasteiger partial charge is 0.353 e. The number of para-hydroxylation sites is 1. The third-order valence-electron chi connectivity index (χ3n) is 3.91. The zero-order valence-electron chi connectivity index (χ0n) is 16.6. The molecule has 0 saturated heterocycles. The maximum atomic E-state index is 12.7. The first-order valence-electron chi connectivity index (χ1n) is 8.82. The van der Waals surface area contributed by atoms with Crippen molar-refractivity contribution in [3.63, 3.8) is 0 Å². The molecule has 0 atom stereocenters. The molecule has 0 radical (unpaired) electrons. The molecular weight excluding hydrogens is 326 g/mol. The second kappa shape index (κ2) is 8.27. The molecule has 6 heteroatoms. The van der Waals surface area contributed by atoms with Gasteiger partial charge in [0.2, 0.25) is 5.95 Å². The topological polar surface area (TPSA) is 70.2 Å². The summed E-state index contributed by atoms with van der Waals surface area (Å²) in [5, 5.41) is 6.16. The van der Waals surface area contributed by atoms with E-state index in [0.717, 1.165) is 23.5 Å². The van der Waals surface area contributed by atoms with Crippen LogP contribution < -0.4 is 10.6 Å². The average molecular weight is 355 g/mol. The number of hydrogen-bond donors (Lipinski definition) is 2. The number of benzene rings is 1. The Morgan fingerprint density at radius 1 is 1.15 bits per heavy atom. The van der Waals surface area contributed by atoms with Gasteiger partial charge in [-0.05, 0) is 44.1 Å². The third-order valence-corrected chi connectivity index (χ3v) is 3.91. The Morgan fingerprint density at radius 3 is 2.50 bits per heavy atom. The van der Waals surface area contributed by atoms with Crippen LogP contribution in [0.1, 0.15) is 42.5 Å². The van der Waals surface area contributed by atoms with Crippen LogP contribution in [0.15, 0.2) is 30.3 Å². The number of nitrogens with one attached hydrogen (secondary N) is 2. The van der Waals surface area contributed by atoms with E-state index in [1.165, 1.54) is 0 Å². The monoisotopic (exact) mass is 355 g/mol. The molecule has 2 N–H and O–H groups in total. The second-order valence-corrected chi connectivity index (χ2v) is 7.70. The van der Waals surface area contributed by atoms with Crippen LogP contribution in [0, 0.1) is 6.92 Å². The summed E-state index contributed by atoms with van der Waals surface area (Å²) >= 11 is 0. The summed E-state index contributed by atoms with van der Waals surface area (Å²) in [6, 6.07) is 9.56. The number of carbonyl (C=O) groups is 1. The summed E-state index contributed by atoms with van der Waals surface area (Å²) in [4.78, 5) is 23.5. The first-order chi connectivity index (χ1) is 12.2. The van der Waals surface area contributed by atoms with Crippen LogP contribution >= 0.6 is 0 Å². The molecule has 0 saturated carbocycles. The van der Waals surface area contributed by atoms with E-state index in [4.69, 9.17) is 0 Å². The fourth-order valence-electron chi connectivity index (χ4n) is 2.59. The van der Waals surface area contributed by atoms with Gasteiger partial charge < -0.3 is 15.5 Å². The van der Waals surface area contributed by atoms with Crippen LogP contribution in [0.3, 0.4) is 0 Å². The number of carbonyl (C=O) groups excluding carboxylic acids is 1. The predicted octanol–water partition coefficient (Wildman–Crippen LogP) is 3.31. The molecule has 2 aromatic rings. The summed E-state index contributed by atoms with van der Waals surface area (Å²) in [6.07, 6.45) is 0. The van der Waals surface area contributed by atoms with Crippen molar-refractivity contribution in [1.29, 1.82) is 0 Å². The SMILES string of the molecule is Cc1cc(C(=O)Nc2ccccc2C(C)(C)C)nc(NCCN(C)C)n1. The van der Waals surface area contributed by atoms with Crippen LogP contribution in [0.4, 0.5) is 11.6 Å². The lowest BCUT2D eigenvalue weighted by Crippen LogP contribution is -2.23. The van der Waals surface area contributed by atoms with Crippen molar-refractivity contribution in [2.24, 2.45) is 0 Å². The second-order valence-electron chi connectivity index (χ2n) is 7.70. The van der Waals surface area contributed by atoms with Gasteiger partial charge >= 0.3 is 0 Å². The highest BCUT2D eigenvalue weighted by atomic mass is 16.1. The fourth-order valence-corrected chi connectivity index (χ4v) is 2.59. The zero-order valence-corrected chi connectivity index (χ0v) is 16.6. The van der Waals surface area contributed by atoms with E-state index >= 15 is 0 Å². The Morgan fingerprint density at radius 2 is 1.85 bits per heavy atom. The molecule has 1 heterocycles. The Bertz CT molecular complexity index is 765. The normalized spacial score (nSPS) is 11.5. The molecule has 0 unspecified atom stereocenters. The molecule has 0 aliphatic rings. The lowest BCUT2D eigenvalue weighted by molar-refractivity contribution is 0.102. The summed E-state index contributed by atoms with van der Waals surface area (Å²) in [6.45, 7) is 9.81. The molecule has 1 amide bonds. The molecule has 1 aromatic carbocycles. The average Bonchev–Trinajstić information content (AvgIpc) is 2.53. The Hall–Kier alpha value is -2.47. The number of nitrogens with zero attached hydrogens (tertiary/aromatic N) is 3. The maximum absolute atomic E-state index is 12.7. The van der Waals surface area contributed by atoms with Crippen molar-refractivity contribution < 1.29 is 4.79 Å². The molecule has 140 valence electrons. The van der Waals surface area contributed by atoms with Gasteiger partial charge in [-0.15, -0.1) is 0 Å². The van der Waals surface area contributed by atoms with Gasteiger partial charge in [-0.1, -0.05) is 39.0 Å². The quantitative estimate of drug-likeness (QED) is 0.832. The van der Waals surface area contributed by atoms with Crippen LogP contribution in [-0.2, 0) is 5.41 Å². The first-order valence-corrected chi connectivity index (χ1v) is 8.82. The highest BCUT2D eigenvalue weighted by Gasteiger charge is 2.19. The lowest BCUT2D eigenvalue weighted by atomic mass is 9.86. The number of rotatable bonds is 6. The predicted molar refractivity (Wildman–Crippen MR) is 107 cm³/mol. The molecule has 0 spiro atoms. The molecule has 26 heavy (non-hydrogen) atoms. The van der Waals surface area contributed by atoms with Crippen LogP contribution in [-0.4, -0.2) is 48.0 Å². The zero-order chi connectivity index (χ0) is 19.3. The van der Waals surface area contributed by atoms with Gasteiger partial charge in [-0.2, -0.15) is 0 Å². The molecule has 1 aromatic heterocycles. The molecule has 0 bridgehead atoms. The smallest absolute Gasteiger partial charge is 0.274 e. The van der Waals surface area contributed by atoms with E-state index in [1.54, 1.807) is 6.07 Å². The van der Waals surface area contributed by atoms with E-state index in [2.05, 4.69) is 46.3 Å². The van der Waals surface area contributed by atoms with Crippen LogP contribution in [0.5, 0.6) is 0 Å². The Kier molecular flexibility index (Phi) is 6.32. The molecule has 0 aliphatic heterocycles. The van der Waals surface area contributed by atoms with E-state index in [-0.39, 0.29) is 11.3 Å². The summed E-state index contributed by atoms with van der Waals surface area (Å²) in [5.41, 5.74) is 2.94. The van der Waals surface area contributed by atoms with Gasteiger partial charge in [0.25, 0.3) is 5.91 Å². The van der Waals surface area contributed by atoms with E-state index in [1.807, 2.05) is 45.3 Å². The third kappa shape index (κ3) is 5.52. The van der Waals surface area contributed by atoms with Crippen molar-refractivity contribution in [2.45, 2.75) is 33.1 Å². The number of likely N-dealkylation sites (N-methyl/N-ethyl adjacent to an activating group) is 1. The van der Waals surface area contributed by atoms with Crippen molar-refractivity contribution in [1.82, 2.24) is 14.9 Å². The van der Waals surface area contributed by atoms with E-state index in [9.17, 15) is 4.79 Å². The molecule has 0 aliphatic carbocycles. The highest BCUT2D eigenvalue weighted by molar-refractivity contribution is 6.03. The highest BCUT2D eigenvalue weighted by Crippen LogP contribution is 2.29. The summed E-state index contributed by atoms with van der Waals surface area (Å²) < 4.78 is 0. The number of aryl methyl sites for hydroxylation is 1. The van der Waals surface area contributed by atoms with Crippen molar-refractivity contribution in [2.75, 3.05) is 37.8 Å². The number of aromatic nitrogens is 2.